The van der Waals surface area contributed by atoms with Gasteiger partial charge in [-0.05, 0) is 12.2 Å². The van der Waals surface area contributed by atoms with Gasteiger partial charge in [0.05, 0.1) is 12.1 Å². The van der Waals surface area contributed by atoms with Crippen molar-refractivity contribution in [3.63, 3.8) is 0 Å². The van der Waals surface area contributed by atoms with Gasteiger partial charge in [0.25, 0.3) is 0 Å². The number of carboxylic acids is 1. The van der Waals surface area contributed by atoms with Gasteiger partial charge in [-0.2, -0.15) is 11.8 Å². The molecule has 1 aliphatic heterocycles. The molecule has 1 aliphatic rings. The highest BCUT2D eigenvalue weighted by Gasteiger charge is 2.13. The fourth-order valence-corrected chi connectivity index (χ4v) is 3.53. The second kappa shape index (κ2) is 6.26. The van der Waals surface area contributed by atoms with Crippen molar-refractivity contribution in [3.05, 3.63) is 11.1 Å². The normalized spacial score (nSPS) is 16.8. The lowest BCUT2D eigenvalue weighted by atomic mass is 10.2. The summed E-state index contributed by atoms with van der Waals surface area (Å²) < 4.78 is 0. The predicted molar refractivity (Wildman–Crippen MR) is 72.2 cm³/mol. The molecule has 17 heavy (non-hydrogen) atoms. The first-order valence-corrected chi connectivity index (χ1v) is 7.78. The Balaban J connectivity index is 1.94. The van der Waals surface area contributed by atoms with E-state index in [0.717, 1.165) is 29.7 Å². The molecule has 1 aromatic heterocycles. The van der Waals surface area contributed by atoms with E-state index in [9.17, 15) is 4.79 Å². The molecular weight excluding hydrogens is 256 g/mol. The summed E-state index contributed by atoms with van der Waals surface area (Å²) in [4.78, 5) is 17.3. The van der Waals surface area contributed by atoms with E-state index in [0.29, 0.717) is 6.42 Å². The number of aryl methyl sites for hydroxylation is 1. The van der Waals surface area contributed by atoms with Crippen LogP contribution in [0, 0.1) is 0 Å². The van der Waals surface area contributed by atoms with Gasteiger partial charge in [0, 0.05) is 30.6 Å². The van der Waals surface area contributed by atoms with E-state index < -0.39 is 5.97 Å². The number of rotatable bonds is 4. The highest BCUT2D eigenvalue weighted by atomic mass is 32.2. The molecule has 6 heteroatoms. The van der Waals surface area contributed by atoms with Crippen LogP contribution in [0.3, 0.4) is 0 Å². The number of hydrogen-bond donors (Lipinski definition) is 1. The highest BCUT2D eigenvalue weighted by Crippen LogP contribution is 2.23. The first-order chi connectivity index (χ1) is 8.25. The molecule has 0 radical (unpaired) electrons. The maximum atomic E-state index is 10.5. The standard InChI is InChI=1S/C11H16N2O2S2/c14-10(15)3-2-9-8-17-11(12-9)13-4-1-6-16-7-5-13/h8H,1-7H2,(H,14,15). The molecule has 0 saturated carbocycles. The predicted octanol–water partition coefficient (Wildman–Crippen LogP) is 2.10. The van der Waals surface area contributed by atoms with Gasteiger partial charge in [0.15, 0.2) is 5.13 Å². The minimum atomic E-state index is -0.759. The van der Waals surface area contributed by atoms with Gasteiger partial charge in [-0.25, -0.2) is 4.98 Å². The Morgan fingerprint density at radius 1 is 1.47 bits per heavy atom. The van der Waals surface area contributed by atoms with Crippen LogP contribution >= 0.6 is 23.1 Å². The lowest BCUT2D eigenvalue weighted by Crippen LogP contribution is -2.25. The molecule has 1 aromatic rings. The van der Waals surface area contributed by atoms with Gasteiger partial charge >= 0.3 is 5.97 Å². The molecule has 1 saturated heterocycles. The van der Waals surface area contributed by atoms with Gasteiger partial charge in [-0.1, -0.05) is 0 Å². The Bertz CT molecular complexity index is 373. The van der Waals surface area contributed by atoms with Gasteiger partial charge in [0.1, 0.15) is 0 Å². The van der Waals surface area contributed by atoms with Crippen LogP contribution in [-0.4, -0.2) is 40.7 Å². The lowest BCUT2D eigenvalue weighted by Gasteiger charge is -2.18. The molecule has 0 spiro atoms. The topological polar surface area (TPSA) is 53.4 Å². The van der Waals surface area contributed by atoms with Gasteiger partial charge in [-0.3, -0.25) is 4.79 Å². The number of aliphatic carboxylic acids is 1. The fraction of sp³-hybridized carbons (Fsp3) is 0.636. The molecule has 1 N–H and O–H groups in total. The minimum absolute atomic E-state index is 0.166. The number of hydrogen-bond acceptors (Lipinski definition) is 5. The van der Waals surface area contributed by atoms with Crippen LogP contribution < -0.4 is 4.90 Å². The lowest BCUT2D eigenvalue weighted by molar-refractivity contribution is -0.136. The number of aromatic nitrogens is 1. The van der Waals surface area contributed by atoms with E-state index >= 15 is 0 Å². The van der Waals surface area contributed by atoms with Crippen molar-refractivity contribution in [2.45, 2.75) is 19.3 Å². The van der Waals surface area contributed by atoms with Gasteiger partial charge < -0.3 is 10.0 Å². The Kier molecular flexibility index (Phi) is 4.67. The zero-order valence-corrected chi connectivity index (χ0v) is 11.2. The van der Waals surface area contributed by atoms with Crippen LogP contribution in [-0.2, 0) is 11.2 Å². The van der Waals surface area contributed by atoms with Crippen molar-refractivity contribution < 1.29 is 9.90 Å². The van der Waals surface area contributed by atoms with E-state index in [1.807, 2.05) is 17.1 Å². The molecule has 2 heterocycles. The van der Waals surface area contributed by atoms with E-state index in [-0.39, 0.29) is 6.42 Å². The molecule has 0 aliphatic carbocycles. The Morgan fingerprint density at radius 3 is 3.18 bits per heavy atom. The summed E-state index contributed by atoms with van der Waals surface area (Å²) in [6.07, 6.45) is 1.90. The van der Waals surface area contributed by atoms with Crippen LogP contribution in [0.4, 0.5) is 5.13 Å². The van der Waals surface area contributed by atoms with Crippen molar-refractivity contribution in [1.82, 2.24) is 4.98 Å². The molecule has 1 fully saturated rings. The molecular formula is C11H16N2O2S2. The number of carboxylic acid groups (broad SMARTS) is 1. The van der Waals surface area contributed by atoms with Crippen molar-refractivity contribution in [2.24, 2.45) is 0 Å². The fourth-order valence-electron chi connectivity index (χ4n) is 1.73. The summed E-state index contributed by atoms with van der Waals surface area (Å²) in [5.74, 6) is 1.63. The first kappa shape index (κ1) is 12.7. The van der Waals surface area contributed by atoms with Crippen LogP contribution in [0.1, 0.15) is 18.5 Å². The second-order valence-corrected chi connectivity index (χ2v) is 6.03. The smallest absolute Gasteiger partial charge is 0.303 e. The third-order valence-electron chi connectivity index (χ3n) is 2.63. The summed E-state index contributed by atoms with van der Waals surface area (Å²) in [6, 6.07) is 0. The Labute approximate surface area is 109 Å². The van der Waals surface area contributed by atoms with Crippen LogP contribution in [0.5, 0.6) is 0 Å². The molecule has 4 nitrogen and oxygen atoms in total. The summed E-state index contributed by atoms with van der Waals surface area (Å²) in [5.41, 5.74) is 0.907. The second-order valence-electron chi connectivity index (χ2n) is 3.97. The zero-order chi connectivity index (χ0) is 12.1. The molecule has 0 unspecified atom stereocenters. The number of thioether (sulfide) groups is 1. The molecule has 94 valence electrons. The van der Waals surface area contributed by atoms with E-state index in [1.54, 1.807) is 11.3 Å². The minimum Gasteiger partial charge on any atom is -0.481 e. The summed E-state index contributed by atoms with van der Waals surface area (Å²) in [6.45, 7) is 2.12. The average molecular weight is 272 g/mol. The van der Waals surface area contributed by atoms with Crippen molar-refractivity contribution in [3.8, 4) is 0 Å². The number of anilines is 1. The van der Waals surface area contributed by atoms with E-state index in [1.165, 1.54) is 12.2 Å². The van der Waals surface area contributed by atoms with Crippen molar-refractivity contribution >= 4 is 34.2 Å². The van der Waals surface area contributed by atoms with Crippen LogP contribution in [0.2, 0.25) is 0 Å². The van der Waals surface area contributed by atoms with Crippen LogP contribution in [0.15, 0.2) is 5.38 Å². The highest BCUT2D eigenvalue weighted by molar-refractivity contribution is 7.99. The van der Waals surface area contributed by atoms with Crippen molar-refractivity contribution in [2.75, 3.05) is 29.5 Å². The average Bonchev–Trinajstić information content (AvgIpc) is 2.60. The third kappa shape index (κ3) is 3.89. The Morgan fingerprint density at radius 2 is 2.35 bits per heavy atom. The first-order valence-electron chi connectivity index (χ1n) is 5.74. The molecule has 0 aromatic carbocycles. The van der Waals surface area contributed by atoms with Crippen LogP contribution in [0.25, 0.3) is 0 Å². The maximum Gasteiger partial charge on any atom is 0.303 e. The monoisotopic (exact) mass is 272 g/mol. The molecule has 0 atom stereocenters. The molecule has 0 amide bonds. The van der Waals surface area contributed by atoms with Gasteiger partial charge in [-0.15, -0.1) is 11.3 Å². The maximum absolute atomic E-state index is 10.5. The van der Waals surface area contributed by atoms with Crippen molar-refractivity contribution in [1.29, 1.82) is 0 Å². The zero-order valence-electron chi connectivity index (χ0n) is 9.59. The van der Waals surface area contributed by atoms with E-state index in [2.05, 4.69) is 9.88 Å². The number of carbonyl (C=O) groups is 1. The summed E-state index contributed by atoms with van der Waals surface area (Å²) >= 11 is 3.62. The largest absolute Gasteiger partial charge is 0.481 e. The summed E-state index contributed by atoms with van der Waals surface area (Å²) in [7, 11) is 0. The molecule has 0 bridgehead atoms. The summed E-state index contributed by atoms with van der Waals surface area (Å²) in [5, 5.41) is 11.7. The quantitative estimate of drug-likeness (QED) is 0.909. The van der Waals surface area contributed by atoms with E-state index in [4.69, 9.17) is 5.11 Å². The Hall–Kier alpha value is -0.750. The number of nitrogens with zero attached hydrogens (tertiary/aromatic N) is 2. The molecule has 2 rings (SSSR count). The third-order valence-corrected chi connectivity index (χ3v) is 4.63. The number of thiazole rings is 1. The SMILES string of the molecule is O=C(O)CCc1csc(N2CCCSCC2)n1. The van der Waals surface area contributed by atoms with Gasteiger partial charge in [0.2, 0.25) is 0 Å².